The molecule has 1 rings (SSSR count). The predicted octanol–water partition coefficient (Wildman–Crippen LogP) is -0.224. The van der Waals surface area contributed by atoms with E-state index in [1.165, 1.54) is 0 Å². The second kappa shape index (κ2) is 4.52. The molecule has 0 aliphatic rings. The predicted molar refractivity (Wildman–Crippen MR) is 46.4 cm³/mol. The maximum Gasteiger partial charge on any atom is 0.131 e. The van der Waals surface area contributed by atoms with E-state index in [4.69, 9.17) is 0 Å². The summed E-state index contributed by atoms with van der Waals surface area (Å²) in [6, 6.07) is 0. The second-order valence-corrected chi connectivity index (χ2v) is 2.32. The Hall–Kier alpha value is -1.34. The minimum atomic E-state index is 0.710. The van der Waals surface area contributed by atoms with Crippen LogP contribution in [0.15, 0.2) is 6.20 Å². The molecule has 0 saturated heterocycles. The zero-order valence-corrected chi connectivity index (χ0v) is 7.33. The third-order valence-electron chi connectivity index (χ3n) is 1.39. The van der Waals surface area contributed by atoms with Crippen LogP contribution < -0.4 is 5.32 Å². The van der Waals surface area contributed by atoms with Crippen LogP contribution in [-0.2, 0) is 7.05 Å². The molecule has 12 heavy (non-hydrogen) atoms. The molecule has 0 bridgehead atoms. The molecule has 0 saturated carbocycles. The zero-order valence-electron chi connectivity index (χ0n) is 7.33. The van der Waals surface area contributed by atoms with Crippen LogP contribution in [0.1, 0.15) is 12.6 Å². The van der Waals surface area contributed by atoms with Gasteiger partial charge in [0.2, 0.25) is 0 Å². The summed E-state index contributed by atoms with van der Waals surface area (Å²) in [5, 5.41) is 10.6. The van der Waals surface area contributed by atoms with Crippen molar-refractivity contribution in [3.63, 3.8) is 0 Å². The number of nitrogens with zero attached hydrogens (tertiary/aromatic N) is 3. The molecule has 0 amide bonds. The lowest BCUT2D eigenvalue weighted by molar-refractivity contribution is 0.708. The van der Waals surface area contributed by atoms with Crippen molar-refractivity contribution in [2.24, 2.45) is 7.05 Å². The highest BCUT2D eigenvalue weighted by Gasteiger charge is 1.91. The molecule has 1 aromatic heterocycles. The van der Waals surface area contributed by atoms with Gasteiger partial charge in [0.05, 0.1) is 12.7 Å². The lowest BCUT2D eigenvalue weighted by Crippen LogP contribution is -2.12. The smallest absolute Gasteiger partial charge is 0.131 e. The van der Waals surface area contributed by atoms with Crippen molar-refractivity contribution in [2.45, 2.75) is 6.92 Å². The molecule has 0 atom stereocenters. The molecular weight excluding hydrogens is 152 g/mol. The quantitative estimate of drug-likeness (QED) is 0.485. The Bertz CT molecular complexity index is 291. The van der Waals surface area contributed by atoms with Gasteiger partial charge in [-0.05, 0) is 12.5 Å². The minimum absolute atomic E-state index is 0.710. The Kier molecular flexibility index (Phi) is 3.30. The first kappa shape index (κ1) is 8.75. The van der Waals surface area contributed by atoms with Crippen LogP contribution in [0, 0.1) is 11.8 Å². The molecule has 0 spiro atoms. The molecule has 0 aliphatic heterocycles. The van der Waals surface area contributed by atoms with Crippen LogP contribution in [0.3, 0.4) is 0 Å². The first-order chi connectivity index (χ1) is 5.84. The van der Waals surface area contributed by atoms with Crippen molar-refractivity contribution >= 4 is 0 Å². The summed E-state index contributed by atoms with van der Waals surface area (Å²) in [7, 11) is 1.82. The number of hydrogen-bond acceptors (Lipinski definition) is 3. The summed E-state index contributed by atoms with van der Waals surface area (Å²) < 4.78 is 1.65. The summed E-state index contributed by atoms with van der Waals surface area (Å²) in [6.45, 7) is 3.70. The van der Waals surface area contributed by atoms with E-state index in [9.17, 15) is 0 Å². The summed E-state index contributed by atoms with van der Waals surface area (Å²) in [5.74, 6) is 5.92. The standard InChI is InChI=1S/C8H12N4/c1-3-9-6-4-5-8-7-10-11-12(8)2/h7,9H,3,6H2,1-2H3. The van der Waals surface area contributed by atoms with E-state index < -0.39 is 0 Å². The van der Waals surface area contributed by atoms with Gasteiger partial charge < -0.3 is 5.32 Å². The molecular formula is C8H12N4. The van der Waals surface area contributed by atoms with E-state index in [0.29, 0.717) is 6.54 Å². The summed E-state index contributed by atoms with van der Waals surface area (Å²) >= 11 is 0. The Labute approximate surface area is 72.0 Å². The topological polar surface area (TPSA) is 42.7 Å². The van der Waals surface area contributed by atoms with Gasteiger partial charge in [-0.25, -0.2) is 4.68 Å². The lowest BCUT2D eigenvalue weighted by Gasteiger charge is -1.89. The summed E-state index contributed by atoms with van der Waals surface area (Å²) in [6.07, 6.45) is 1.65. The highest BCUT2D eigenvalue weighted by Crippen LogP contribution is 1.87. The summed E-state index contributed by atoms with van der Waals surface area (Å²) in [4.78, 5) is 0. The largest absolute Gasteiger partial charge is 0.306 e. The third-order valence-corrected chi connectivity index (χ3v) is 1.39. The van der Waals surface area contributed by atoms with Gasteiger partial charge in [-0.15, -0.1) is 5.10 Å². The lowest BCUT2D eigenvalue weighted by atomic mass is 10.4. The van der Waals surface area contributed by atoms with E-state index in [2.05, 4.69) is 27.5 Å². The van der Waals surface area contributed by atoms with Crippen LogP contribution in [0.25, 0.3) is 0 Å². The van der Waals surface area contributed by atoms with Gasteiger partial charge in [0.15, 0.2) is 0 Å². The number of hydrogen-bond donors (Lipinski definition) is 1. The molecule has 1 aromatic rings. The SMILES string of the molecule is CCNCC#Cc1cnnn1C. The molecule has 1 N–H and O–H groups in total. The Balaban J connectivity index is 2.49. The van der Waals surface area contributed by atoms with Gasteiger partial charge >= 0.3 is 0 Å². The van der Waals surface area contributed by atoms with Crippen LogP contribution in [0.5, 0.6) is 0 Å². The highest BCUT2D eigenvalue weighted by atomic mass is 15.4. The number of nitrogens with one attached hydrogen (secondary N) is 1. The second-order valence-electron chi connectivity index (χ2n) is 2.32. The first-order valence-corrected chi connectivity index (χ1v) is 3.89. The number of aryl methyl sites for hydroxylation is 1. The number of aromatic nitrogens is 3. The maximum atomic E-state index is 3.76. The molecule has 0 fully saturated rings. The fourth-order valence-corrected chi connectivity index (χ4v) is 0.725. The molecule has 4 heteroatoms. The van der Waals surface area contributed by atoms with Crippen molar-refractivity contribution in [2.75, 3.05) is 13.1 Å². The third kappa shape index (κ3) is 2.36. The van der Waals surface area contributed by atoms with Crippen LogP contribution in [0.4, 0.5) is 0 Å². The average Bonchev–Trinajstić information content (AvgIpc) is 2.46. The zero-order chi connectivity index (χ0) is 8.81. The fourth-order valence-electron chi connectivity index (χ4n) is 0.725. The molecule has 0 aromatic carbocycles. The van der Waals surface area contributed by atoms with Gasteiger partial charge in [0.25, 0.3) is 0 Å². The van der Waals surface area contributed by atoms with Crippen molar-refractivity contribution in [3.8, 4) is 11.8 Å². The number of rotatable bonds is 2. The molecule has 0 aliphatic carbocycles. The van der Waals surface area contributed by atoms with E-state index in [-0.39, 0.29) is 0 Å². The van der Waals surface area contributed by atoms with Crippen molar-refractivity contribution in [1.29, 1.82) is 0 Å². The highest BCUT2D eigenvalue weighted by molar-refractivity contribution is 5.24. The maximum absolute atomic E-state index is 3.76. The van der Waals surface area contributed by atoms with Crippen LogP contribution in [0.2, 0.25) is 0 Å². The Morgan fingerprint density at radius 2 is 2.50 bits per heavy atom. The first-order valence-electron chi connectivity index (χ1n) is 3.89. The van der Waals surface area contributed by atoms with E-state index in [1.54, 1.807) is 10.9 Å². The van der Waals surface area contributed by atoms with E-state index in [1.807, 2.05) is 14.0 Å². The fraction of sp³-hybridized carbons (Fsp3) is 0.500. The summed E-state index contributed by atoms with van der Waals surface area (Å²) in [5.41, 5.74) is 0.841. The van der Waals surface area contributed by atoms with Crippen molar-refractivity contribution in [3.05, 3.63) is 11.9 Å². The van der Waals surface area contributed by atoms with Gasteiger partial charge in [-0.3, -0.25) is 0 Å². The molecule has 1 heterocycles. The molecule has 0 unspecified atom stereocenters. The molecule has 4 nitrogen and oxygen atoms in total. The Morgan fingerprint density at radius 1 is 1.67 bits per heavy atom. The Morgan fingerprint density at radius 3 is 3.08 bits per heavy atom. The van der Waals surface area contributed by atoms with Crippen molar-refractivity contribution < 1.29 is 0 Å². The monoisotopic (exact) mass is 164 g/mol. The normalized spacial score (nSPS) is 9.17. The molecule has 0 radical (unpaired) electrons. The molecule has 64 valence electrons. The van der Waals surface area contributed by atoms with Gasteiger partial charge in [0.1, 0.15) is 5.69 Å². The van der Waals surface area contributed by atoms with E-state index in [0.717, 1.165) is 12.2 Å². The van der Waals surface area contributed by atoms with E-state index >= 15 is 0 Å². The minimum Gasteiger partial charge on any atom is -0.306 e. The van der Waals surface area contributed by atoms with Gasteiger partial charge in [0, 0.05) is 7.05 Å². The van der Waals surface area contributed by atoms with Crippen LogP contribution in [-0.4, -0.2) is 28.1 Å². The van der Waals surface area contributed by atoms with Crippen LogP contribution >= 0.6 is 0 Å². The van der Waals surface area contributed by atoms with Crippen molar-refractivity contribution in [1.82, 2.24) is 20.3 Å². The van der Waals surface area contributed by atoms with Gasteiger partial charge in [-0.2, -0.15) is 0 Å². The van der Waals surface area contributed by atoms with Gasteiger partial charge in [-0.1, -0.05) is 18.1 Å². The average molecular weight is 164 g/mol.